The minimum Gasteiger partial charge on any atom is -0.375 e. The van der Waals surface area contributed by atoms with Gasteiger partial charge in [-0.15, -0.1) is 0 Å². The standard InChI is InChI=1S/C18H24N2O2S/c21-18(15-3-1-2-4-15)20-11-16-10-19(6-7-22-17(16)12-20)9-14-5-8-23-13-14/h3,5,8,13,16-17H,1-2,4,6-7,9-12H2/t16-,17+/m1/s1. The molecule has 124 valence electrons. The van der Waals surface area contributed by atoms with Crippen molar-refractivity contribution in [3.05, 3.63) is 34.0 Å². The summed E-state index contributed by atoms with van der Waals surface area (Å²) in [7, 11) is 0. The number of ether oxygens (including phenoxy) is 1. The highest BCUT2D eigenvalue weighted by atomic mass is 32.1. The monoisotopic (exact) mass is 332 g/mol. The van der Waals surface area contributed by atoms with Crippen LogP contribution in [0.3, 0.4) is 0 Å². The fraction of sp³-hybridized carbons (Fsp3) is 0.611. The summed E-state index contributed by atoms with van der Waals surface area (Å²) in [5, 5.41) is 4.36. The molecule has 0 N–H and O–H groups in total. The zero-order chi connectivity index (χ0) is 15.6. The molecule has 1 aromatic heterocycles. The van der Waals surface area contributed by atoms with Crippen LogP contribution in [0.2, 0.25) is 0 Å². The van der Waals surface area contributed by atoms with Crippen LogP contribution in [0.5, 0.6) is 0 Å². The van der Waals surface area contributed by atoms with E-state index in [1.165, 1.54) is 5.56 Å². The number of carbonyl (C=O) groups excluding carboxylic acids is 1. The van der Waals surface area contributed by atoms with Crippen LogP contribution in [0, 0.1) is 5.92 Å². The Balaban J connectivity index is 1.39. The van der Waals surface area contributed by atoms with Gasteiger partial charge in [-0.05, 0) is 41.7 Å². The van der Waals surface area contributed by atoms with Gasteiger partial charge >= 0.3 is 0 Å². The Labute approximate surface area is 141 Å². The largest absolute Gasteiger partial charge is 0.375 e. The van der Waals surface area contributed by atoms with E-state index in [0.29, 0.717) is 5.92 Å². The summed E-state index contributed by atoms with van der Waals surface area (Å²) in [4.78, 5) is 17.1. The lowest BCUT2D eigenvalue weighted by Gasteiger charge is -2.23. The Hall–Kier alpha value is -1.17. The van der Waals surface area contributed by atoms with Crippen molar-refractivity contribution in [3.63, 3.8) is 0 Å². The van der Waals surface area contributed by atoms with Gasteiger partial charge in [-0.3, -0.25) is 9.69 Å². The summed E-state index contributed by atoms with van der Waals surface area (Å²) in [6.45, 7) is 5.41. The third-order valence-electron chi connectivity index (χ3n) is 5.20. The number of hydrogen-bond acceptors (Lipinski definition) is 4. The molecule has 2 saturated heterocycles. The average molecular weight is 332 g/mol. The maximum Gasteiger partial charge on any atom is 0.249 e. The number of nitrogens with zero attached hydrogens (tertiary/aromatic N) is 2. The lowest BCUT2D eigenvalue weighted by molar-refractivity contribution is -0.126. The second-order valence-electron chi connectivity index (χ2n) is 6.87. The lowest BCUT2D eigenvalue weighted by Crippen LogP contribution is -2.34. The van der Waals surface area contributed by atoms with Crippen LogP contribution in [-0.4, -0.2) is 54.6 Å². The highest BCUT2D eigenvalue weighted by Gasteiger charge is 2.39. The quantitative estimate of drug-likeness (QED) is 0.853. The first-order chi connectivity index (χ1) is 11.3. The van der Waals surface area contributed by atoms with Gasteiger partial charge in [0.1, 0.15) is 0 Å². The second kappa shape index (κ2) is 6.75. The van der Waals surface area contributed by atoms with Gasteiger partial charge in [0.2, 0.25) is 5.91 Å². The normalized spacial score (nSPS) is 28.5. The van der Waals surface area contributed by atoms with E-state index in [-0.39, 0.29) is 12.0 Å². The molecular formula is C18H24N2O2S. The number of allylic oxidation sites excluding steroid dienone is 1. The molecule has 3 heterocycles. The van der Waals surface area contributed by atoms with E-state index in [0.717, 1.165) is 64.2 Å². The van der Waals surface area contributed by atoms with E-state index in [1.807, 2.05) is 4.90 Å². The topological polar surface area (TPSA) is 32.8 Å². The van der Waals surface area contributed by atoms with Gasteiger partial charge in [0.25, 0.3) is 0 Å². The van der Waals surface area contributed by atoms with Crippen LogP contribution in [0.25, 0.3) is 0 Å². The molecule has 0 radical (unpaired) electrons. The summed E-state index contributed by atoms with van der Waals surface area (Å²) in [6, 6.07) is 2.20. The second-order valence-corrected chi connectivity index (χ2v) is 7.65. The molecule has 0 bridgehead atoms. The fourth-order valence-electron chi connectivity index (χ4n) is 3.98. The molecule has 1 aliphatic carbocycles. The smallest absolute Gasteiger partial charge is 0.249 e. The maximum absolute atomic E-state index is 12.6. The summed E-state index contributed by atoms with van der Waals surface area (Å²) in [6.07, 6.45) is 5.49. The number of hydrogen-bond donors (Lipinski definition) is 0. The first-order valence-corrected chi connectivity index (χ1v) is 9.57. The summed E-state index contributed by atoms with van der Waals surface area (Å²) >= 11 is 1.75. The molecular weight excluding hydrogens is 308 g/mol. The van der Waals surface area contributed by atoms with Crippen molar-refractivity contribution in [1.29, 1.82) is 0 Å². The average Bonchev–Trinajstić information content (AvgIpc) is 3.28. The summed E-state index contributed by atoms with van der Waals surface area (Å²) in [5.41, 5.74) is 2.41. The Morgan fingerprint density at radius 3 is 3.09 bits per heavy atom. The molecule has 23 heavy (non-hydrogen) atoms. The van der Waals surface area contributed by atoms with Crippen LogP contribution >= 0.6 is 11.3 Å². The summed E-state index contributed by atoms with van der Waals surface area (Å²) in [5.74, 6) is 0.700. The van der Waals surface area contributed by atoms with Gasteiger partial charge < -0.3 is 9.64 Å². The Bertz CT molecular complexity index is 584. The van der Waals surface area contributed by atoms with Gasteiger partial charge in [0.05, 0.1) is 12.7 Å². The zero-order valence-electron chi connectivity index (χ0n) is 13.4. The molecule has 5 heteroatoms. The molecule has 2 fully saturated rings. The van der Waals surface area contributed by atoms with Crippen molar-refractivity contribution in [2.75, 3.05) is 32.8 Å². The van der Waals surface area contributed by atoms with E-state index >= 15 is 0 Å². The van der Waals surface area contributed by atoms with E-state index < -0.39 is 0 Å². The van der Waals surface area contributed by atoms with E-state index in [2.05, 4.69) is 27.8 Å². The molecule has 0 unspecified atom stereocenters. The van der Waals surface area contributed by atoms with Gasteiger partial charge in [0.15, 0.2) is 0 Å². The minimum absolute atomic E-state index is 0.216. The van der Waals surface area contributed by atoms with Crippen LogP contribution < -0.4 is 0 Å². The van der Waals surface area contributed by atoms with E-state index in [1.54, 1.807) is 11.3 Å². The Morgan fingerprint density at radius 2 is 2.30 bits per heavy atom. The number of likely N-dealkylation sites (tertiary alicyclic amines) is 1. The molecule has 2 aliphatic heterocycles. The van der Waals surface area contributed by atoms with Gasteiger partial charge in [-0.1, -0.05) is 6.08 Å². The number of thiophene rings is 1. The minimum atomic E-state index is 0.216. The van der Waals surface area contributed by atoms with Crippen molar-refractivity contribution >= 4 is 17.2 Å². The fourth-order valence-corrected chi connectivity index (χ4v) is 4.64. The SMILES string of the molecule is O=C(C1=CCCC1)N1C[C@H]2CN(Cc3ccsc3)CCO[C@H]2C1. The number of fused-ring (bicyclic) bond motifs is 1. The third-order valence-corrected chi connectivity index (χ3v) is 5.93. The van der Waals surface area contributed by atoms with Crippen molar-refractivity contribution < 1.29 is 9.53 Å². The molecule has 4 nitrogen and oxygen atoms in total. The van der Waals surface area contributed by atoms with Crippen molar-refractivity contribution in [2.45, 2.75) is 31.9 Å². The van der Waals surface area contributed by atoms with Crippen LogP contribution in [-0.2, 0) is 16.1 Å². The number of carbonyl (C=O) groups is 1. The molecule has 1 amide bonds. The molecule has 0 spiro atoms. The predicted octanol–water partition coefficient (Wildman–Crippen LogP) is 2.52. The molecule has 0 aromatic carbocycles. The predicted molar refractivity (Wildman–Crippen MR) is 91.3 cm³/mol. The molecule has 3 aliphatic rings. The number of amides is 1. The summed E-state index contributed by atoms with van der Waals surface area (Å²) < 4.78 is 6.07. The Morgan fingerprint density at radius 1 is 1.35 bits per heavy atom. The third kappa shape index (κ3) is 3.37. The van der Waals surface area contributed by atoms with Gasteiger partial charge in [-0.25, -0.2) is 0 Å². The molecule has 1 aromatic rings. The first-order valence-electron chi connectivity index (χ1n) is 8.63. The van der Waals surface area contributed by atoms with Crippen molar-refractivity contribution in [1.82, 2.24) is 9.80 Å². The first kappa shape index (κ1) is 15.4. The van der Waals surface area contributed by atoms with Crippen LogP contribution in [0.1, 0.15) is 24.8 Å². The van der Waals surface area contributed by atoms with Gasteiger partial charge in [0, 0.05) is 44.2 Å². The van der Waals surface area contributed by atoms with Crippen LogP contribution in [0.15, 0.2) is 28.5 Å². The highest BCUT2D eigenvalue weighted by molar-refractivity contribution is 7.07. The molecule has 2 atom stereocenters. The molecule has 4 rings (SSSR count). The van der Waals surface area contributed by atoms with E-state index in [4.69, 9.17) is 4.74 Å². The Kier molecular flexibility index (Phi) is 4.51. The van der Waals surface area contributed by atoms with Crippen molar-refractivity contribution in [3.8, 4) is 0 Å². The maximum atomic E-state index is 12.6. The van der Waals surface area contributed by atoms with Crippen molar-refractivity contribution in [2.24, 2.45) is 5.92 Å². The highest BCUT2D eigenvalue weighted by Crippen LogP contribution is 2.28. The van der Waals surface area contributed by atoms with E-state index in [9.17, 15) is 4.79 Å². The zero-order valence-corrected chi connectivity index (χ0v) is 14.3. The van der Waals surface area contributed by atoms with Gasteiger partial charge in [-0.2, -0.15) is 11.3 Å². The van der Waals surface area contributed by atoms with Crippen LogP contribution in [0.4, 0.5) is 0 Å². The molecule has 0 saturated carbocycles. The lowest BCUT2D eigenvalue weighted by atomic mass is 10.1. The number of rotatable bonds is 3.